The number of benzene rings is 2. The summed E-state index contributed by atoms with van der Waals surface area (Å²) in [7, 11) is 1.64. The van der Waals surface area contributed by atoms with E-state index in [1.54, 1.807) is 7.11 Å². The van der Waals surface area contributed by atoms with Crippen LogP contribution in [0.25, 0.3) is 0 Å². The maximum atomic E-state index is 5.87. The molecule has 6 heteroatoms. The Balaban J connectivity index is 1.47. The number of nitrogens with one attached hydrogen (secondary N) is 2. The number of thiocarbonyl (C=S) groups is 1. The van der Waals surface area contributed by atoms with E-state index >= 15 is 0 Å². The van der Waals surface area contributed by atoms with Crippen LogP contribution in [0.5, 0.6) is 17.2 Å². The molecule has 2 aromatic carbocycles. The monoisotopic (exact) mass is 330 g/mol. The van der Waals surface area contributed by atoms with Crippen molar-refractivity contribution in [1.82, 2.24) is 5.32 Å². The largest absolute Gasteiger partial charge is 0.497 e. The summed E-state index contributed by atoms with van der Waals surface area (Å²) < 4.78 is 16.7. The molecule has 1 heterocycles. The topological polar surface area (TPSA) is 51.8 Å². The number of hydrogen-bond donors (Lipinski definition) is 2. The third kappa shape index (κ3) is 4.04. The standard InChI is InChI=1S/C17H18N2O3S/c1-20-13-8-6-12(7-9-13)19-17(23)18-10-14-11-21-15-4-2-3-5-16(15)22-14/h2-9,14H,10-11H2,1H3,(H2,18,19,23)/t14-/m0/s1. The zero-order valence-electron chi connectivity index (χ0n) is 12.7. The molecule has 1 atom stereocenters. The highest BCUT2D eigenvalue weighted by molar-refractivity contribution is 7.80. The van der Waals surface area contributed by atoms with Gasteiger partial charge in [0.05, 0.1) is 13.7 Å². The van der Waals surface area contributed by atoms with Gasteiger partial charge in [-0.05, 0) is 48.6 Å². The Morgan fingerprint density at radius 1 is 1.17 bits per heavy atom. The van der Waals surface area contributed by atoms with E-state index in [2.05, 4.69) is 10.6 Å². The summed E-state index contributed by atoms with van der Waals surface area (Å²) in [6.07, 6.45) is -0.0829. The third-order valence-electron chi connectivity index (χ3n) is 3.41. The van der Waals surface area contributed by atoms with Crippen LogP contribution in [0.15, 0.2) is 48.5 Å². The number of methoxy groups -OCH3 is 1. The van der Waals surface area contributed by atoms with Crippen molar-refractivity contribution in [2.24, 2.45) is 0 Å². The van der Waals surface area contributed by atoms with E-state index < -0.39 is 0 Å². The lowest BCUT2D eigenvalue weighted by atomic mass is 10.2. The van der Waals surface area contributed by atoms with Gasteiger partial charge >= 0.3 is 0 Å². The fourth-order valence-corrected chi connectivity index (χ4v) is 2.42. The summed E-state index contributed by atoms with van der Waals surface area (Å²) in [6, 6.07) is 15.2. The van der Waals surface area contributed by atoms with Gasteiger partial charge in [0.15, 0.2) is 16.6 Å². The lowest BCUT2D eigenvalue weighted by Gasteiger charge is -2.27. The Labute approximate surface area is 140 Å². The molecule has 0 spiro atoms. The Morgan fingerprint density at radius 3 is 2.65 bits per heavy atom. The first-order valence-corrected chi connectivity index (χ1v) is 7.73. The molecule has 0 bridgehead atoms. The molecule has 0 saturated heterocycles. The van der Waals surface area contributed by atoms with Crippen molar-refractivity contribution < 1.29 is 14.2 Å². The van der Waals surface area contributed by atoms with Crippen LogP contribution < -0.4 is 24.8 Å². The quantitative estimate of drug-likeness (QED) is 0.841. The SMILES string of the molecule is COc1ccc(NC(=S)NC[C@H]2COc3ccccc3O2)cc1. The number of anilines is 1. The smallest absolute Gasteiger partial charge is 0.170 e. The molecule has 23 heavy (non-hydrogen) atoms. The Morgan fingerprint density at radius 2 is 1.91 bits per heavy atom. The molecule has 0 unspecified atom stereocenters. The molecule has 2 N–H and O–H groups in total. The van der Waals surface area contributed by atoms with Crippen molar-refractivity contribution >= 4 is 23.0 Å². The van der Waals surface area contributed by atoms with Crippen molar-refractivity contribution in [2.45, 2.75) is 6.10 Å². The molecule has 1 aliphatic heterocycles. The highest BCUT2D eigenvalue weighted by atomic mass is 32.1. The number of rotatable bonds is 4. The van der Waals surface area contributed by atoms with Gasteiger partial charge in [-0.3, -0.25) is 0 Å². The summed E-state index contributed by atoms with van der Waals surface area (Å²) in [5.41, 5.74) is 0.898. The molecule has 120 valence electrons. The average molecular weight is 330 g/mol. The van der Waals surface area contributed by atoms with Crippen molar-refractivity contribution in [3.05, 3.63) is 48.5 Å². The second kappa shape index (κ2) is 7.19. The molecule has 0 amide bonds. The highest BCUT2D eigenvalue weighted by Gasteiger charge is 2.20. The first-order chi connectivity index (χ1) is 11.2. The second-order valence-electron chi connectivity index (χ2n) is 5.06. The van der Waals surface area contributed by atoms with Crippen molar-refractivity contribution in [1.29, 1.82) is 0 Å². The first kappa shape index (κ1) is 15.4. The molecule has 0 fully saturated rings. The van der Waals surface area contributed by atoms with Crippen LogP contribution in [-0.2, 0) is 0 Å². The zero-order chi connectivity index (χ0) is 16.1. The van der Waals surface area contributed by atoms with Gasteiger partial charge in [-0.2, -0.15) is 0 Å². The fourth-order valence-electron chi connectivity index (χ4n) is 2.22. The van der Waals surface area contributed by atoms with Crippen LogP contribution in [0.4, 0.5) is 5.69 Å². The molecule has 0 radical (unpaired) electrons. The van der Waals surface area contributed by atoms with E-state index in [0.717, 1.165) is 22.9 Å². The van der Waals surface area contributed by atoms with Gasteiger partial charge in [0.1, 0.15) is 18.5 Å². The molecule has 3 rings (SSSR count). The highest BCUT2D eigenvalue weighted by Crippen LogP contribution is 2.30. The predicted molar refractivity (Wildman–Crippen MR) is 93.6 cm³/mol. The third-order valence-corrected chi connectivity index (χ3v) is 3.65. The van der Waals surface area contributed by atoms with Gasteiger partial charge in [-0.25, -0.2) is 0 Å². The van der Waals surface area contributed by atoms with Crippen LogP contribution in [0.2, 0.25) is 0 Å². The lowest BCUT2D eigenvalue weighted by molar-refractivity contribution is 0.0939. The summed E-state index contributed by atoms with van der Waals surface area (Å²) in [5.74, 6) is 2.35. The fraction of sp³-hybridized carbons (Fsp3) is 0.235. The number of ether oxygens (including phenoxy) is 3. The van der Waals surface area contributed by atoms with E-state index in [9.17, 15) is 0 Å². The summed E-state index contributed by atoms with van der Waals surface area (Å²) in [4.78, 5) is 0. The molecule has 5 nitrogen and oxygen atoms in total. The van der Waals surface area contributed by atoms with Crippen LogP contribution >= 0.6 is 12.2 Å². The van der Waals surface area contributed by atoms with Crippen LogP contribution in [0.1, 0.15) is 0 Å². The summed E-state index contributed by atoms with van der Waals surface area (Å²) in [6.45, 7) is 1.06. The number of hydrogen-bond acceptors (Lipinski definition) is 4. The molecule has 0 aromatic heterocycles. The van der Waals surface area contributed by atoms with Crippen LogP contribution in [0.3, 0.4) is 0 Å². The van der Waals surface area contributed by atoms with E-state index in [1.165, 1.54) is 0 Å². The van der Waals surface area contributed by atoms with Gasteiger partial charge in [-0.15, -0.1) is 0 Å². The molecule has 2 aromatic rings. The Kier molecular flexibility index (Phi) is 4.83. The average Bonchev–Trinajstić information content (AvgIpc) is 2.60. The second-order valence-corrected chi connectivity index (χ2v) is 5.47. The zero-order valence-corrected chi connectivity index (χ0v) is 13.6. The van der Waals surface area contributed by atoms with Gasteiger partial charge in [0.25, 0.3) is 0 Å². The van der Waals surface area contributed by atoms with Gasteiger partial charge in [-0.1, -0.05) is 12.1 Å². The Hall–Kier alpha value is -2.47. The molecule has 1 aliphatic rings. The van der Waals surface area contributed by atoms with Crippen molar-refractivity contribution in [2.75, 3.05) is 25.6 Å². The van der Waals surface area contributed by atoms with E-state index in [0.29, 0.717) is 18.3 Å². The van der Waals surface area contributed by atoms with E-state index in [4.69, 9.17) is 26.4 Å². The van der Waals surface area contributed by atoms with Crippen molar-refractivity contribution in [3.8, 4) is 17.2 Å². The van der Waals surface area contributed by atoms with Gasteiger partial charge < -0.3 is 24.8 Å². The maximum Gasteiger partial charge on any atom is 0.170 e. The van der Waals surface area contributed by atoms with E-state index in [-0.39, 0.29) is 6.10 Å². The Bertz CT molecular complexity index is 676. The van der Waals surface area contributed by atoms with Crippen molar-refractivity contribution in [3.63, 3.8) is 0 Å². The maximum absolute atomic E-state index is 5.87. The van der Waals surface area contributed by atoms with Gasteiger partial charge in [0.2, 0.25) is 0 Å². The summed E-state index contributed by atoms with van der Waals surface area (Å²) in [5, 5.41) is 6.80. The summed E-state index contributed by atoms with van der Waals surface area (Å²) >= 11 is 5.29. The molecule has 0 saturated carbocycles. The predicted octanol–water partition coefficient (Wildman–Crippen LogP) is 2.82. The number of fused-ring (bicyclic) bond motifs is 1. The van der Waals surface area contributed by atoms with Crippen LogP contribution in [-0.4, -0.2) is 31.5 Å². The van der Waals surface area contributed by atoms with E-state index in [1.807, 2.05) is 48.5 Å². The normalized spacial score (nSPS) is 15.6. The number of para-hydroxylation sites is 2. The first-order valence-electron chi connectivity index (χ1n) is 7.32. The van der Waals surface area contributed by atoms with Gasteiger partial charge in [0, 0.05) is 5.69 Å². The van der Waals surface area contributed by atoms with Crippen LogP contribution in [0, 0.1) is 0 Å². The minimum atomic E-state index is -0.0829. The minimum Gasteiger partial charge on any atom is -0.497 e. The lowest BCUT2D eigenvalue weighted by Crippen LogP contribution is -2.42. The molecule has 0 aliphatic carbocycles. The minimum absolute atomic E-state index is 0.0829. The molecular weight excluding hydrogens is 312 g/mol. The molecular formula is C17H18N2O3S.